The lowest BCUT2D eigenvalue weighted by molar-refractivity contribution is -0.138. The van der Waals surface area contributed by atoms with Crippen molar-refractivity contribution in [2.75, 3.05) is 0 Å². The van der Waals surface area contributed by atoms with Gasteiger partial charge in [0, 0.05) is 26.4 Å². The summed E-state index contributed by atoms with van der Waals surface area (Å²) in [6, 6.07) is 0.576. The largest absolute Gasteiger partial charge is 0.485 e. The lowest BCUT2D eigenvalue weighted by atomic mass is 10.9. The Hall–Kier alpha value is -0.843. The van der Waals surface area contributed by atoms with E-state index in [9.17, 15) is 9.59 Å². The molecule has 0 aliphatic rings. The summed E-state index contributed by atoms with van der Waals surface area (Å²) in [4.78, 5) is 21.2. The molecule has 0 fully saturated rings. The molecule has 4 nitrogen and oxygen atoms in total. The molecule has 0 aliphatic carbocycles. The van der Waals surface area contributed by atoms with E-state index in [2.05, 4.69) is 0 Å². The van der Waals surface area contributed by atoms with Gasteiger partial charge in [-0.25, -0.2) is 0 Å². The highest BCUT2D eigenvalue weighted by atomic mass is 28.4. The molecule has 0 aromatic carbocycles. The van der Waals surface area contributed by atoms with Crippen LogP contribution in [0.5, 0.6) is 0 Å². The molecule has 0 amide bonds. The molecule has 0 aliphatic heterocycles. The van der Waals surface area contributed by atoms with E-state index in [0.29, 0.717) is 6.04 Å². The molecular formula is C7H14O4Si. The van der Waals surface area contributed by atoms with Crippen molar-refractivity contribution in [1.29, 1.82) is 0 Å². The smallest absolute Gasteiger partial charge is 0.460 e. The zero-order chi connectivity index (χ0) is 9.78. The Morgan fingerprint density at radius 3 is 1.67 bits per heavy atom. The van der Waals surface area contributed by atoms with Gasteiger partial charge in [-0.1, -0.05) is 6.92 Å². The van der Waals surface area contributed by atoms with Gasteiger partial charge in [0.05, 0.1) is 0 Å². The van der Waals surface area contributed by atoms with Crippen molar-refractivity contribution in [3.63, 3.8) is 0 Å². The molecule has 0 N–H and O–H groups in total. The molecule has 12 heavy (non-hydrogen) atoms. The Kier molecular flexibility index (Phi) is 3.95. The molecule has 0 heterocycles. The first-order valence-corrected chi connectivity index (χ1v) is 6.31. The van der Waals surface area contributed by atoms with E-state index in [1.807, 2.05) is 6.92 Å². The van der Waals surface area contributed by atoms with Gasteiger partial charge in [0.1, 0.15) is 0 Å². The lowest BCUT2D eigenvalue weighted by Crippen LogP contribution is -2.40. The summed E-state index contributed by atoms with van der Waals surface area (Å²) in [5.41, 5.74) is 0. The second kappa shape index (κ2) is 4.25. The normalized spacial score (nSPS) is 10.7. The molecule has 0 bridgehead atoms. The summed E-state index contributed by atoms with van der Waals surface area (Å²) in [6.45, 7) is 6.14. The van der Waals surface area contributed by atoms with E-state index in [-0.39, 0.29) is 0 Å². The number of carbonyl (C=O) groups excluding carboxylic acids is 2. The van der Waals surface area contributed by atoms with Crippen molar-refractivity contribution >= 4 is 20.5 Å². The van der Waals surface area contributed by atoms with Gasteiger partial charge in [0.2, 0.25) is 0 Å². The lowest BCUT2D eigenvalue weighted by Gasteiger charge is -2.23. The van der Waals surface area contributed by atoms with Gasteiger partial charge in [-0.05, 0) is 0 Å². The highest BCUT2D eigenvalue weighted by Crippen LogP contribution is 2.12. The first-order chi connectivity index (χ1) is 5.39. The van der Waals surface area contributed by atoms with Crippen LogP contribution in [0.2, 0.25) is 12.6 Å². The van der Waals surface area contributed by atoms with E-state index in [0.717, 1.165) is 0 Å². The minimum absolute atomic E-state index is 0.396. The second-order valence-electron chi connectivity index (χ2n) is 2.67. The maximum atomic E-state index is 10.6. The number of rotatable bonds is 3. The minimum atomic E-state index is -2.55. The minimum Gasteiger partial charge on any atom is -0.485 e. The predicted molar refractivity (Wildman–Crippen MR) is 45.6 cm³/mol. The van der Waals surface area contributed by atoms with Gasteiger partial charge in [-0.3, -0.25) is 9.59 Å². The fraction of sp³-hybridized carbons (Fsp3) is 0.714. The Morgan fingerprint density at radius 2 is 1.50 bits per heavy atom. The van der Waals surface area contributed by atoms with Crippen LogP contribution in [-0.2, 0) is 18.4 Å². The van der Waals surface area contributed by atoms with Crippen LogP contribution in [0.25, 0.3) is 0 Å². The van der Waals surface area contributed by atoms with Crippen molar-refractivity contribution in [3.05, 3.63) is 0 Å². The fourth-order valence-electron chi connectivity index (χ4n) is 0.773. The third kappa shape index (κ3) is 4.12. The zero-order valence-electron chi connectivity index (χ0n) is 7.84. The van der Waals surface area contributed by atoms with E-state index in [1.165, 1.54) is 13.8 Å². The topological polar surface area (TPSA) is 52.6 Å². The average molecular weight is 190 g/mol. The molecule has 70 valence electrons. The summed E-state index contributed by atoms with van der Waals surface area (Å²) >= 11 is 0. The monoisotopic (exact) mass is 190 g/mol. The summed E-state index contributed by atoms with van der Waals surface area (Å²) in [6.07, 6.45) is 0. The van der Waals surface area contributed by atoms with Crippen LogP contribution in [0.3, 0.4) is 0 Å². The van der Waals surface area contributed by atoms with Gasteiger partial charge in [-0.15, -0.1) is 0 Å². The van der Waals surface area contributed by atoms with Crippen LogP contribution in [0, 0.1) is 0 Å². The second-order valence-corrected chi connectivity index (χ2v) is 6.06. The van der Waals surface area contributed by atoms with Crippen molar-refractivity contribution in [2.45, 2.75) is 33.4 Å². The van der Waals surface area contributed by atoms with Gasteiger partial charge in [0.15, 0.2) is 0 Å². The molecule has 0 saturated carbocycles. The molecule has 0 spiro atoms. The van der Waals surface area contributed by atoms with E-state index in [4.69, 9.17) is 8.85 Å². The molecule has 0 unspecified atom stereocenters. The Morgan fingerprint density at radius 1 is 1.17 bits per heavy atom. The van der Waals surface area contributed by atoms with E-state index in [1.54, 1.807) is 6.55 Å². The van der Waals surface area contributed by atoms with Gasteiger partial charge in [-0.2, -0.15) is 0 Å². The third-order valence-corrected chi connectivity index (χ3v) is 4.08. The summed E-state index contributed by atoms with van der Waals surface area (Å²) < 4.78 is 9.91. The summed E-state index contributed by atoms with van der Waals surface area (Å²) in [5, 5.41) is 0. The van der Waals surface area contributed by atoms with Crippen LogP contribution in [0.15, 0.2) is 0 Å². The molecule has 0 rings (SSSR count). The van der Waals surface area contributed by atoms with Crippen LogP contribution < -0.4 is 0 Å². The highest BCUT2D eigenvalue weighted by Gasteiger charge is 2.35. The Bertz CT molecular complexity index is 174. The van der Waals surface area contributed by atoms with Crippen molar-refractivity contribution < 1.29 is 18.4 Å². The number of carbonyl (C=O) groups is 2. The molecular weight excluding hydrogens is 176 g/mol. The van der Waals surface area contributed by atoms with Crippen molar-refractivity contribution in [1.82, 2.24) is 0 Å². The maximum absolute atomic E-state index is 10.6. The maximum Gasteiger partial charge on any atom is 0.460 e. The Labute approximate surface area is 73.1 Å². The zero-order valence-corrected chi connectivity index (χ0v) is 8.84. The van der Waals surface area contributed by atoms with Crippen LogP contribution >= 0.6 is 0 Å². The quantitative estimate of drug-likeness (QED) is 0.627. The van der Waals surface area contributed by atoms with Gasteiger partial charge in [0.25, 0.3) is 11.9 Å². The van der Waals surface area contributed by atoms with Crippen molar-refractivity contribution in [2.24, 2.45) is 0 Å². The van der Waals surface area contributed by atoms with E-state index < -0.39 is 20.5 Å². The predicted octanol–water partition coefficient (Wildman–Crippen LogP) is 1.20. The highest BCUT2D eigenvalue weighted by molar-refractivity contribution is 6.68. The molecule has 5 heteroatoms. The SMILES string of the molecule is CC[Si](C)(OC(C)=O)OC(C)=O. The standard InChI is InChI=1S/C7H14O4Si/c1-5-12(4,10-6(2)8)11-7(3)9/h5H2,1-4H3. The summed E-state index contributed by atoms with van der Waals surface area (Å²) in [7, 11) is -2.55. The molecule has 0 atom stereocenters. The third-order valence-electron chi connectivity index (χ3n) is 1.36. The Balaban J connectivity index is 4.23. The molecule has 0 saturated heterocycles. The first kappa shape index (κ1) is 11.2. The molecule has 0 aromatic heterocycles. The van der Waals surface area contributed by atoms with E-state index >= 15 is 0 Å². The van der Waals surface area contributed by atoms with Crippen LogP contribution in [-0.4, -0.2) is 20.5 Å². The first-order valence-electron chi connectivity index (χ1n) is 3.79. The number of hydrogen-bond donors (Lipinski definition) is 0. The van der Waals surface area contributed by atoms with Crippen LogP contribution in [0.4, 0.5) is 0 Å². The van der Waals surface area contributed by atoms with Crippen molar-refractivity contribution in [3.8, 4) is 0 Å². The molecule has 0 radical (unpaired) electrons. The van der Waals surface area contributed by atoms with Gasteiger partial charge >= 0.3 is 8.56 Å². The average Bonchev–Trinajstić information content (AvgIpc) is 1.83. The van der Waals surface area contributed by atoms with Gasteiger partial charge < -0.3 is 8.85 Å². The number of hydrogen-bond acceptors (Lipinski definition) is 4. The molecule has 0 aromatic rings. The fourth-order valence-corrected chi connectivity index (χ4v) is 2.32. The van der Waals surface area contributed by atoms with Crippen LogP contribution in [0.1, 0.15) is 20.8 Å². The summed E-state index contributed by atoms with van der Waals surface area (Å²) in [5.74, 6) is -0.792.